The van der Waals surface area contributed by atoms with E-state index < -0.39 is 15.9 Å². The number of hydrogen-bond donors (Lipinski definition) is 2. The maximum absolute atomic E-state index is 12.4. The van der Waals surface area contributed by atoms with Gasteiger partial charge in [0, 0.05) is 5.69 Å². The molecule has 0 fully saturated rings. The van der Waals surface area contributed by atoms with Gasteiger partial charge in [-0.05, 0) is 62.6 Å². The van der Waals surface area contributed by atoms with Gasteiger partial charge in [0.1, 0.15) is 5.75 Å². The van der Waals surface area contributed by atoms with E-state index in [-0.39, 0.29) is 17.5 Å². The molecule has 1 amide bonds. The fraction of sp³-hybridized carbons (Fsp3) is 0.350. The molecule has 0 bridgehead atoms. The van der Waals surface area contributed by atoms with Crippen LogP contribution >= 0.6 is 0 Å². The van der Waals surface area contributed by atoms with Crippen LogP contribution in [0.25, 0.3) is 0 Å². The van der Waals surface area contributed by atoms with Crippen molar-refractivity contribution >= 4 is 21.6 Å². The van der Waals surface area contributed by atoms with Crippen LogP contribution < -0.4 is 14.8 Å². The smallest absolute Gasteiger partial charge is 0.241 e. The van der Waals surface area contributed by atoms with Crippen molar-refractivity contribution in [3.05, 3.63) is 53.6 Å². The summed E-state index contributed by atoms with van der Waals surface area (Å²) in [6.45, 7) is 7.34. The van der Waals surface area contributed by atoms with Crippen molar-refractivity contribution < 1.29 is 17.9 Å². The van der Waals surface area contributed by atoms with Gasteiger partial charge < -0.3 is 10.1 Å². The summed E-state index contributed by atoms with van der Waals surface area (Å²) >= 11 is 0. The standard InChI is InChI=1S/C20H26N2O4S/c1-5-16-8-6-7-15(4)20(16)22-19(23)13-21-27(24,25)18-11-9-17(10-12-18)26-14(2)3/h6-12,14,21H,5,13H2,1-4H3,(H,22,23). The summed E-state index contributed by atoms with van der Waals surface area (Å²) in [6, 6.07) is 11.9. The Kier molecular flexibility index (Phi) is 6.98. The van der Waals surface area contributed by atoms with Crippen LogP contribution in [0.4, 0.5) is 5.69 Å². The van der Waals surface area contributed by atoms with E-state index in [1.54, 1.807) is 12.1 Å². The number of sulfonamides is 1. The first kappa shape index (κ1) is 20.9. The van der Waals surface area contributed by atoms with Gasteiger partial charge in [0.25, 0.3) is 0 Å². The molecule has 2 N–H and O–H groups in total. The Labute approximate surface area is 161 Å². The van der Waals surface area contributed by atoms with Crippen molar-refractivity contribution in [2.75, 3.05) is 11.9 Å². The fourth-order valence-electron chi connectivity index (χ4n) is 2.60. The van der Waals surface area contributed by atoms with Crippen LogP contribution in [0.3, 0.4) is 0 Å². The Balaban J connectivity index is 2.01. The average Bonchev–Trinajstić information content (AvgIpc) is 2.62. The van der Waals surface area contributed by atoms with Crippen LogP contribution in [0.2, 0.25) is 0 Å². The number of nitrogens with one attached hydrogen (secondary N) is 2. The molecule has 0 aromatic heterocycles. The molecule has 0 saturated carbocycles. The molecule has 2 aromatic rings. The molecule has 2 rings (SSSR count). The number of rotatable bonds is 8. The van der Waals surface area contributed by atoms with Crippen LogP contribution in [-0.4, -0.2) is 27.0 Å². The third kappa shape index (κ3) is 5.80. The summed E-state index contributed by atoms with van der Waals surface area (Å²) in [5.74, 6) is 0.177. The van der Waals surface area contributed by atoms with E-state index in [1.165, 1.54) is 12.1 Å². The summed E-state index contributed by atoms with van der Waals surface area (Å²) in [4.78, 5) is 12.3. The van der Waals surface area contributed by atoms with Gasteiger partial charge in [0.2, 0.25) is 15.9 Å². The second-order valence-electron chi connectivity index (χ2n) is 6.47. The van der Waals surface area contributed by atoms with E-state index >= 15 is 0 Å². The van der Waals surface area contributed by atoms with Crippen molar-refractivity contribution in [1.29, 1.82) is 0 Å². The minimum absolute atomic E-state index is 0.00346. The van der Waals surface area contributed by atoms with E-state index in [1.807, 2.05) is 45.9 Å². The Morgan fingerprint density at radius 1 is 1.11 bits per heavy atom. The summed E-state index contributed by atoms with van der Waals surface area (Å²) in [6.07, 6.45) is 0.775. The first-order valence-corrected chi connectivity index (χ1v) is 10.4. The van der Waals surface area contributed by atoms with Crippen LogP contribution in [0.5, 0.6) is 5.75 Å². The molecule has 6 nitrogen and oxygen atoms in total. The molecule has 0 radical (unpaired) electrons. The minimum atomic E-state index is -3.79. The van der Waals surface area contributed by atoms with Crippen molar-refractivity contribution in [3.63, 3.8) is 0 Å². The van der Waals surface area contributed by atoms with Gasteiger partial charge in [-0.25, -0.2) is 13.1 Å². The van der Waals surface area contributed by atoms with E-state index in [0.29, 0.717) is 5.75 Å². The SMILES string of the molecule is CCc1cccc(C)c1NC(=O)CNS(=O)(=O)c1ccc(OC(C)C)cc1. The topological polar surface area (TPSA) is 84.5 Å². The Morgan fingerprint density at radius 2 is 1.78 bits per heavy atom. The number of carbonyl (C=O) groups is 1. The van der Waals surface area contributed by atoms with Crippen LogP contribution in [0, 0.1) is 6.92 Å². The van der Waals surface area contributed by atoms with Crippen molar-refractivity contribution in [1.82, 2.24) is 4.72 Å². The summed E-state index contributed by atoms with van der Waals surface area (Å²) in [5.41, 5.74) is 2.68. The molecule has 0 spiro atoms. The number of para-hydroxylation sites is 1. The second kappa shape index (κ2) is 9.01. The molecular formula is C20H26N2O4S. The monoisotopic (exact) mass is 390 g/mol. The highest BCUT2D eigenvalue weighted by atomic mass is 32.2. The van der Waals surface area contributed by atoms with Crippen molar-refractivity contribution in [2.24, 2.45) is 0 Å². The molecule has 0 aliphatic heterocycles. The number of amides is 1. The van der Waals surface area contributed by atoms with Gasteiger partial charge in [-0.15, -0.1) is 0 Å². The number of benzene rings is 2. The van der Waals surface area contributed by atoms with Gasteiger partial charge in [-0.3, -0.25) is 4.79 Å². The quantitative estimate of drug-likeness (QED) is 0.725. The lowest BCUT2D eigenvalue weighted by Gasteiger charge is -2.14. The molecule has 0 aliphatic carbocycles. The summed E-state index contributed by atoms with van der Waals surface area (Å²) in [7, 11) is -3.79. The zero-order valence-electron chi connectivity index (χ0n) is 16.1. The summed E-state index contributed by atoms with van der Waals surface area (Å²) < 4.78 is 32.6. The number of hydrogen-bond acceptors (Lipinski definition) is 4. The van der Waals surface area contributed by atoms with Crippen LogP contribution in [0.1, 0.15) is 31.9 Å². The van der Waals surface area contributed by atoms with E-state index in [9.17, 15) is 13.2 Å². The Morgan fingerprint density at radius 3 is 2.37 bits per heavy atom. The third-order valence-corrected chi connectivity index (χ3v) is 5.35. The number of aryl methyl sites for hydroxylation is 2. The van der Waals surface area contributed by atoms with Gasteiger partial charge in [0.05, 0.1) is 17.5 Å². The maximum atomic E-state index is 12.4. The van der Waals surface area contributed by atoms with Gasteiger partial charge in [-0.2, -0.15) is 0 Å². The number of carbonyl (C=O) groups excluding carboxylic acids is 1. The first-order valence-electron chi connectivity index (χ1n) is 8.87. The molecule has 0 saturated heterocycles. The predicted molar refractivity (Wildman–Crippen MR) is 107 cm³/mol. The van der Waals surface area contributed by atoms with E-state index in [0.717, 1.165) is 23.2 Å². The van der Waals surface area contributed by atoms with Crippen LogP contribution in [-0.2, 0) is 21.2 Å². The highest BCUT2D eigenvalue weighted by Crippen LogP contribution is 2.21. The Hall–Kier alpha value is -2.38. The van der Waals surface area contributed by atoms with Gasteiger partial charge in [0.15, 0.2) is 0 Å². The molecule has 0 heterocycles. The molecule has 2 aromatic carbocycles. The zero-order chi connectivity index (χ0) is 20.0. The van der Waals surface area contributed by atoms with E-state index in [4.69, 9.17) is 4.74 Å². The minimum Gasteiger partial charge on any atom is -0.491 e. The number of anilines is 1. The van der Waals surface area contributed by atoms with E-state index in [2.05, 4.69) is 10.0 Å². The maximum Gasteiger partial charge on any atom is 0.241 e. The first-order chi connectivity index (χ1) is 12.7. The fourth-order valence-corrected chi connectivity index (χ4v) is 3.58. The normalized spacial score (nSPS) is 11.4. The molecule has 0 atom stereocenters. The lowest BCUT2D eigenvalue weighted by atomic mass is 10.1. The van der Waals surface area contributed by atoms with Gasteiger partial charge >= 0.3 is 0 Å². The average molecular weight is 391 g/mol. The predicted octanol–water partition coefficient (Wildman–Crippen LogP) is 3.26. The lowest BCUT2D eigenvalue weighted by molar-refractivity contribution is -0.115. The van der Waals surface area contributed by atoms with Gasteiger partial charge in [-0.1, -0.05) is 25.1 Å². The zero-order valence-corrected chi connectivity index (χ0v) is 16.9. The second-order valence-corrected chi connectivity index (χ2v) is 8.24. The number of ether oxygens (including phenoxy) is 1. The molecule has 0 unspecified atom stereocenters. The van der Waals surface area contributed by atoms with Crippen molar-refractivity contribution in [2.45, 2.75) is 45.1 Å². The summed E-state index contributed by atoms with van der Waals surface area (Å²) in [5, 5.41) is 2.80. The Bertz CT molecular complexity index is 891. The molecular weight excluding hydrogens is 364 g/mol. The largest absolute Gasteiger partial charge is 0.491 e. The molecule has 7 heteroatoms. The van der Waals surface area contributed by atoms with Crippen LogP contribution in [0.15, 0.2) is 47.4 Å². The lowest BCUT2D eigenvalue weighted by Crippen LogP contribution is -2.33. The highest BCUT2D eigenvalue weighted by molar-refractivity contribution is 7.89. The molecule has 27 heavy (non-hydrogen) atoms. The highest BCUT2D eigenvalue weighted by Gasteiger charge is 2.16. The third-order valence-electron chi connectivity index (χ3n) is 3.93. The molecule has 0 aliphatic rings. The molecule has 146 valence electrons. The van der Waals surface area contributed by atoms with Crippen molar-refractivity contribution in [3.8, 4) is 5.75 Å².